The maximum Gasteiger partial charge on any atom is 0.309 e. The number of halogens is 3. The molecule has 37 heavy (non-hydrogen) atoms. The van der Waals surface area contributed by atoms with Crippen molar-refractivity contribution in [1.82, 2.24) is 9.88 Å². The molecule has 2 aromatic carbocycles. The molecule has 1 saturated heterocycles. The monoisotopic (exact) mass is 548 g/mol. The van der Waals surface area contributed by atoms with Crippen LogP contribution >= 0.6 is 23.4 Å². The first-order chi connectivity index (χ1) is 17.8. The Morgan fingerprint density at radius 3 is 2.65 bits per heavy atom. The zero-order valence-corrected chi connectivity index (χ0v) is 22.3. The lowest BCUT2D eigenvalue weighted by atomic mass is 9.74. The minimum atomic E-state index is -1.41. The highest BCUT2D eigenvalue weighted by Gasteiger charge is 2.41. The number of nitrogens with zero attached hydrogens (tertiary/aromatic N) is 2. The van der Waals surface area contributed by atoms with Crippen molar-refractivity contribution in [2.45, 2.75) is 43.2 Å². The summed E-state index contributed by atoms with van der Waals surface area (Å²) in [5.41, 5.74) is 0.000333. The number of rotatable bonds is 11. The van der Waals surface area contributed by atoms with Crippen LogP contribution in [0.3, 0.4) is 0 Å². The Balaban J connectivity index is 1.32. The van der Waals surface area contributed by atoms with E-state index in [9.17, 15) is 14.3 Å². The predicted molar refractivity (Wildman–Crippen MR) is 144 cm³/mol. The number of carbonyl (C=O) groups is 1. The lowest BCUT2D eigenvalue weighted by Crippen LogP contribution is -2.44. The molecule has 3 aromatic rings. The molecule has 0 bridgehead atoms. The summed E-state index contributed by atoms with van der Waals surface area (Å²) >= 11 is 8.04. The highest BCUT2D eigenvalue weighted by atomic mass is 35.5. The van der Waals surface area contributed by atoms with Crippen LogP contribution in [0.5, 0.6) is 5.75 Å². The molecular formula is C28H31ClF2N2O3S. The average molecular weight is 549 g/mol. The van der Waals surface area contributed by atoms with E-state index in [1.807, 2.05) is 0 Å². The van der Waals surface area contributed by atoms with Crippen molar-refractivity contribution in [2.24, 2.45) is 5.41 Å². The molecule has 0 saturated carbocycles. The molecule has 0 spiro atoms. The van der Waals surface area contributed by atoms with Crippen molar-refractivity contribution in [3.63, 3.8) is 0 Å². The molecular weight excluding hydrogens is 518 g/mol. The van der Waals surface area contributed by atoms with Gasteiger partial charge in [-0.2, -0.15) is 0 Å². The van der Waals surface area contributed by atoms with Crippen molar-refractivity contribution in [3.05, 3.63) is 65.1 Å². The summed E-state index contributed by atoms with van der Waals surface area (Å²) in [6.45, 7) is 2.21. The van der Waals surface area contributed by atoms with Gasteiger partial charge in [0.05, 0.1) is 23.1 Å². The second-order valence-electron chi connectivity index (χ2n) is 9.49. The number of ether oxygens (including phenoxy) is 1. The number of aliphatic carboxylic acids is 1. The summed E-state index contributed by atoms with van der Waals surface area (Å²) in [6.07, 6.45) is 2.25. The molecule has 0 aliphatic carbocycles. The molecule has 198 valence electrons. The van der Waals surface area contributed by atoms with Gasteiger partial charge in [0, 0.05) is 22.0 Å². The molecule has 1 N–H and O–H groups in total. The van der Waals surface area contributed by atoms with E-state index >= 15 is 4.39 Å². The third-order valence-corrected chi connectivity index (χ3v) is 8.63. The van der Waals surface area contributed by atoms with E-state index in [1.54, 1.807) is 49.2 Å². The number of hydrogen-bond acceptors (Lipinski definition) is 5. The number of aromatic nitrogens is 1. The van der Waals surface area contributed by atoms with E-state index in [-0.39, 0.29) is 23.7 Å². The SMILES string of the molecule is COc1ccc2ncc(Cl)c([C@@H](F)CCC3(C(=O)O)CCN(CCCSc4ccc(F)cc4)CC3)c2c1. The molecule has 2 heterocycles. The topological polar surface area (TPSA) is 62.7 Å². The zero-order valence-electron chi connectivity index (χ0n) is 20.8. The highest BCUT2D eigenvalue weighted by molar-refractivity contribution is 7.99. The van der Waals surface area contributed by atoms with Crippen molar-refractivity contribution >= 4 is 40.2 Å². The summed E-state index contributed by atoms with van der Waals surface area (Å²) in [4.78, 5) is 19.9. The minimum absolute atomic E-state index is 0.0661. The molecule has 4 rings (SSSR count). The fourth-order valence-corrected chi connectivity index (χ4v) is 6.05. The van der Waals surface area contributed by atoms with E-state index in [4.69, 9.17) is 16.3 Å². The summed E-state index contributed by atoms with van der Waals surface area (Å²) < 4.78 is 33.9. The number of hydrogen-bond donors (Lipinski definition) is 1. The maximum atomic E-state index is 15.6. The second-order valence-corrected chi connectivity index (χ2v) is 11.1. The quantitative estimate of drug-likeness (QED) is 0.202. The van der Waals surface area contributed by atoms with Gasteiger partial charge in [-0.25, -0.2) is 8.78 Å². The summed E-state index contributed by atoms with van der Waals surface area (Å²) in [5, 5.41) is 10.9. The van der Waals surface area contributed by atoms with Gasteiger partial charge in [-0.1, -0.05) is 11.6 Å². The minimum Gasteiger partial charge on any atom is -0.497 e. The number of thioether (sulfide) groups is 1. The van der Waals surface area contributed by atoms with Crippen LogP contribution in [0.4, 0.5) is 8.78 Å². The van der Waals surface area contributed by atoms with Gasteiger partial charge in [-0.3, -0.25) is 9.78 Å². The standard InChI is InChI=1S/C28H31ClF2N2O3S/c1-36-20-5-8-25-22(17-20)26(23(29)18-32-25)24(31)9-10-28(27(34)35)11-14-33(15-12-28)13-2-16-37-21-6-3-19(30)4-7-21/h3-8,17-18,24H,2,9-16H2,1H3,(H,34,35)/t24-/m0/s1. The molecule has 5 nitrogen and oxygen atoms in total. The molecule has 0 amide bonds. The van der Waals surface area contributed by atoms with Crippen LogP contribution in [0.2, 0.25) is 5.02 Å². The first-order valence-electron chi connectivity index (χ1n) is 12.4. The van der Waals surface area contributed by atoms with E-state index in [2.05, 4.69) is 9.88 Å². The molecule has 1 aliphatic rings. The second kappa shape index (κ2) is 12.4. The van der Waals surface area contributed by atoms with Gasteiger partial charge in [-0.05, 0) is 100.0 Å². The third kappa shape index (κ3) is 6.72. The number of carboxylic acids is 1. The van der Waals surface area contributed by atoms with Crippen molar-refractivity contribution < 1.29 is 23.4 Å². The average Bonchev–Trinajstić information content (AvgIpc) is 2.91. The Labute approximate surface area is 225 Å². The number of pyridine rings is 1. The molecule has 1 fully saturated rings. The van der Waals surface area contributed by atoms with Crippen LogP contribution in [-0.2, 0) is 4.79 Å². The van der Waals surface area contributed by atoms with Gasteiger partial charge < -0.3 is 14.7 Å². The van der Waals surface area contributed by atoms with Crippen molar-refractivity contribution in [3.8, 4) is 5.75 Å². The summed E-state index contributed by atoms with van der Waals surface area (Å²) in [5.74, 6) is 0.381. The first kappa shape index (κ1) is 27.6. The Kier molecular flexibility index (Phi) is 9.27. The van der Waals surface area contributed by atoms with Crippen molar-refractivity contribution in [1.29, 1.82) is 0 Å². The normalized spacial score (nSPS) is 16.5. The molecule has 1 aromatic heterocycles. The Hall–Kier alpha value is -2.42. The van der Waals surface area contributed by atoms with Crippen LogP contribution in [0.25, 0.3) is 10.9 Å². The number of carboxylic acid groups (broad SMARTS) is 1. The lowest BCUT2D eigenvalue weighted by molar-refractivity contribution is -0.153. The summed E-state index contributed by atoms with van der Waals surface area (Å²) in [7, 11) is 1.54. The van der Waals surface area contributed by atoms with Crippen LogP contribution in [0.15, 0.2) is 53.6 Å². The zero-order chi connectivity index (χ0) is 26.4. The number of fused-ring (bicyclic) bond motifs is 1. The Morgan fingerprint density at radius 1 is 1.24 bits per heavy atom. The van der Waals surface area contributed by atoms with E-state index in [0.29, 0.717) is 48.1 Å². The fraction of sp³-hybridized carbons (Fsp3) is 0.429. The van der Waals surface area contributed by atoms with E-state index in [0.717, 1.165) is 23.6 Å². The third-order valence-electron chi connectivity index (χ3n) is 7.23. The molecule has 9 heteroatoms. The van der Waals surface area contributed by atoms with Crippen LogP contribution in [0.1, 0.15) is 43.8 Å². The van der Waals surface area contributed by atoms with Gasteiger partial charge in [0.25, 0.3) is 0 Å². The molecule has 1 aliphatic heterocycles. The Bertz CT molecular complexity index is 1220. The smallest absolute Gasteiger partial charge is 0.309 e. The highest BCUT2D eigenvalue weighted by Crippen LogP contribution is 2.42. The number of methoxy groups -OCH3 is 1. The molecule has 0 unspecified atom stereocenters. The number of alkyl halides is 1. The molecule has 0 radical (unpaired) electrons. The van der Waals surface area contributed by atoms with Crippen LogP contribution < -0.4 is 4.74 Å². The predicted octanol–water partition coefficient (Wildman–Crippen LogP) is 7.18. The number of piperidine rings is 1. The molecule has 1 atom stereocenters. The fourth-order valence-electron chi connectivity index (χ4n) is 4.95. The van der Waals surface area contributed by atoms with Gasteiger partial charge in [0.1, 0.15) is 17.7 Å². The first-order valence-corrected chi connectivity index (χ1v) is 13.8. The van der Waals surface area contributed by atoms with Gasteiger partial charge in [-0.15, -0.1) is 11.8 Å². The van der Waals surface area contributed by atoms with E-state index < -0.39 is 17.6 Å². The van der Waals surface area contributed by atoms with Crippen LogP contribution in [-0.4, -0.2) is 53.5 Å². The lowest BCUT2D eigenvalue weighted by Gasteiger charge is -2.39. The maximum absolute atomic E-state index is 15.6. The Morgan fingerprint density at radius 2 is 1.97 bits per heavy atom. The van der Waals surface area contributed by atoms with Crippen molar-refractivity contribution in [2.75, 3.05) is 32.5 Å². The van der Waals surface area contributed by atoms with Gasteiger partial charge in [0.15, 0.2) is 0 Å². The van der Waals surface area contributed by atoms with Gasteiger partial charge >= 0.3 is 5.97 Å². The van der Waals surface area contributed by atoms with E-state index in [1.165, 1.54) is 18.3 Å². The summed E-state index contributed by atoms with van der Waals surface area (Å²) in [6, 6.07) is 11.7. The van der Waals surface area contributed by atoms with Crippen LogP contribution in [0, 0.1) is 11.2 Å². The number of benzene rings is 2. The van der Waals surface area contributed by atoms with Gasteiger partial charge in [0.2, 0.25) is 0 Å². The largest absolute Gasteiger partial charge is 0.497 e. The number of likely N-dealkylation sites (tertiary alicyclic amines) is 1.